The van der Waals surface area contributed by atoms with Gasteiger partial charge in [0.1, 0.15) is 0 Å². The first-order valence-electron chi connectivity index (χ1n) is 20.4. The average molecular weight is 869 g/mol. The van der Waals surface area contributed by atoms with Crippen molar-refractivity contribution < 1.29 is 20.8 Å². The molecule has 0 aromatic heterocycles. The molecule has 0 radical (unpaired) electrons. The van der Waals surface area contributed by atoms with Crippen LogP contribution in [0.4, 0.5) is 0 Å². The van der Waals surface area contributed by atoms with Gasteiger partial charge in [-0.2, -0.15) is 0 Å². The SMILES string of the molecule is CC(C)C1CC2C(c3ccc(C(C)(C)C)cc3)=CC=CC2C1[Si](C)(C)C1C(C)CC2C(c3ccccc3)=C3CCCC3=C(c3ccccc3)C21.[CH3-].[CH3-].[Cl][Zr+2][Cl]. The van der Waals surface area contributed by atoms with Gasteiger partial charge < -0.3 is 14.9 Å². The minimum absolute atomic E-state index is 0. The number of halogens is 2. The van der Waals surface area contributed by atoms with Crippen LogP contribution in [0.1, 0.15) is 95.9 Å². The van der Waals surface area contributed by atoms with E-state index in [1.54, 1.807) is 27.9 Å². The normalized spacial score (nSPS) is 28.2. The van der Waals surface area contributed by atoms with E-state index in [1.807, 2.05) is 0 Å². The summed E-state index contributed by atoms with van der Waals surface area (Å²) in [6.07, 6.45) is 14.1. The van der Waals surface area contributed by atoms with Crippen LogP contribution in [0.3, 0.4) is 0 Å². The van der Waals surface area contributed by atoms with Gasteiger partial charge in [-0.3, -0.25) is 0 Å². The summed E-state index contributed by atoms with van der Waals surface area (Å²) in [7, 11) is 7.98. The standard InChI is InChI=1S/C49H60Si.2CH3.2ClH.Zr/c1-31(2)41-30-42-37(33-25-27-36(28-26-33)49(4,5)6)21-15-24-40(42)48(41)50(7,8)47-32(3)29-43-44(34-17-11-9-12-18-34)38-22-16-23-39(38)45(46(43)47)35-19-13-10-14-20-35;;;;;/h9-15,17-21,24-28,31-32,40-43,46-48H,16,22-23,29-30H2,1-8H3;2*1H3;2*1H;/q;2*-1;;;+4/p-2. The molecular weight excluding hydrogens is 803 g/mol. The third kappa shape index (κ3) is 8.30. The van der Waals surface area contributed by atoms with Crippen molar-refractivity contribution in [3.05, 3.63) is 151 Å². The van der Waals surface area contributed by atoms with E-state index in [9.17, 15) is 0 Å². The molecule has 5 aliphatic rings. The van der Waals surface area contributed by atoms with E-state index in [0.29, 0.717) is 29.6 Å². The Balaban J connectivity index is 0.00000112. The van der Waals surface area contributed by atoms with Crippen molar-refractivity contribution in [1.29, 1.82) is 0 Å². The molecule has 8 rings (SSSR count). The quantitative estimate of drug-likeness (QED) is 0.171. The maximum absolute atomic E-state index is 4.93. The van der Waals surface area contributed by atoms with Crippen LogP contribution in [0.15, 0.2) is 114 Å². The first kappa shape index (κ1) is 44.4. The molecule has 3 fully saturated rings. The van der Waals surface area contributed by atoms with E-state index in [0.717, 1.165) is 22.9 Å². The van der Waals surface area contributed by atoms with Gasteiger partial charge in [-0.25, -0.2) is 0 Å². The van der Waals surface area contributed by atoms with E-state index < -0.39 is 28.9 Å². The summed E-state index contributed by atoms with van der Waals surface area (Å²) in [4.78, 5) is 0. The van der Waals surface area contributed by atoms with Crippen molar-refractivity contribution in [2.75, 3.05) is 0 Å². The van der Waals surface area contributed by atoms with Crippen LogP contribution < -0.4 is 0 Å². The molecule has 55 heavy (non-hydrogen) atoms. The summed E-state index contributed by atoms with van der Waals surface area (Å²) < 4.78 is 0. The van der Waals surface area contributed by atoms with Crippen LogP contribution >= 0.6 is 17.0 Å². The molecule has 0 saturated heterocycles. The van der Waals surface area contributed by atoms with E-state index in [-0.39, 0.29) is 20.3 Å². The summed E-state index contributed by atoms with van der Waals surface area (Å²) in [6.45, 7) is 20.5. The van der Waals surface area contributed by atoms with Crippen LogP contribution in [0.25, 0.3) is 16.7 Å². The Morgan fingerprint density at radius 2 is 1.25 bits per heavy atom. The Labute approximate surface area is 356 Å². The Bertz CT molecular complexity index is 1880. The molecule has 3 saturated carbocycles. The zero-order valence-corrected chi connectivity index (χ0v) is 40.3. The Hall–Kier alpha value is -1.70. The molecule has 8 unspecified atom stereocenters. The van der Waals surface area contributed by atoms with Crippen LogP contribution in [0.5, 0.6) is 0 Å². The fraction of sp³-hybridized carbons (Fsp3) is 0.451. The van der Waals surface area contributed by atoms with E-state index in [1.165, 1.54) is 54.4 Å². The van der Waals surface area contributed by atoms with Crippen molar-refractivity contribution in [2.24, 2.45) is 41.4 Å². The third-order valence-electron chi connectivity index (χ3n) is 14.3. The summed E-state index contributed by atoms with van der Waals surface area (Å²) in [5, 5.41) is 0. The predicted molar refractivity (Wildman–Crippen MR) is 243 cm³/mol. The number of allylic oxidation sites excluding steroid dienone is 8. The fourth-order valence-corrected chi connectivity index (χ4v) is 18.8. The molecule has 3 aromatic carbocycles. The number of fused-ring (bicyclic) bond motifs is 3. The second-order valence-electron chi connectivity index (χ2n) is 18.8. The van der Waals surface area contributed by atoms with E-state index >= 15 is 0 Å². The fourth-order valence-electron chi connectivity index (χ4n) is 12.5. The van der Waals surface area contributed by atoms with Crippen LogP contribution in [-0.2, 0) is 26.3 Å². The molecule has 0 N–H and O–H groups in total. The van der Waals surface area contributed by atoms with Gasteiger partial charge in [0.15, 0.2) is 0 Å². The third-order valence-corrected chi connectivity index (χ3v) is 19.5. The molecule has 5 aliphatic carbocycles. The van der Waals surface area contributed by atoms with Crippen LogP contribution in [-0.4, -0.2) is 8.07 Å². The van der Waals surface area contributed by atoms with Gasteiger partial charge >= 0.3 is 37.9 Å². The molecule has 8 atom stereocenters. The zero-order chi connectivity index (χ0) is 37.7. The minimum atomic E-state index is -1.89. The van der Waals surface area contributed by atoms with Gasteiger partial charge in [0, 0.05) is 0 Å². The molecule has 4 heteroatoms. The van der Waals surface area contributed by atoms with Gasteiger partial charge in [-0.15, -0.1) is 0 Å². The Morgan fingerprint density at radius 3 is 1.80 bits per heavy atom. The van der Waals surface area contributed by atoms with E-state index in [4.69, 9.17) is 17.0 Å². The van der Waals surface area contributed by atoms with Crippen LogP contribution in [0.2, 0.25) is 24.2 Å². The molecule has 0 heterocycles. The predicted octanol–water partition coefficient (Wildman–Crippen LogP) is 15.9. The van der Waals surface area contributed by atoms with Gasteiger partial charge in [0.2, 0.25) is 0 Å². The maximum atomic E-state index is 4.93. The average Bonchev–Trinajstić information content (AvgIpc) is 3.87. The van der Waals surface area contributed by atoms with Gasteiger partial charge in [0.25, 0.3) is 0 Å². The molecule has 292 valence electrons. The van der Waals surface area contributed by atoms with E-state index in [2.05, 4.69) is 158 Å². The molecule has 3 aromatic rings. The second kappa shape index (κ2) is 18.1. The van der Waals surface area contributed by atoms with Gasteiger partial charge in [-0.05, 0) is 140 Å². The van der Waals surface area contributed by atoms with Gasteiger partial charge in [-0.1, -0.05) is 158 Å². The summed E-state index contributed by atoms with van der Waals surface area (Å²) in [5.41, 5.74) is 16.1. The first-order valence-corrected chi connectivity index (χ1v) is 29.9. The Morgan fingerprint density at radius 1 is 0.709 bits per heavy atom. The number of hydrogen-bond acceptors (Lipinski definition) is 0. The first-order chi connectivity index (χ1) is 25.4. The zero-order valence-electron chi connectivity index (χ0n) is 35.3. The van der Waals surface area contributed by atoms with Crippen molar-refractivity contribution in [3.8, 4) is 0 Å². The Kier molecular flexibility index (Phi) is 14.6. The molecule has 0 spiro atoms. The van der Waals surface area contributed by atoms with Crippen molar-refractivity contribution in [1.82, 2.24) is 0 Å². The number of hydrogen-bond donors (Lipinski definition) is 0. The number of rotatable bonds is 6. The van der Waals surface area contributed by atoms with Crippen molar-refractivity contribution >= 4 is 41.8 Å². The van der Waals surface area contributed by atoms with Crippen molar-refractivity contribution in [3.63, 3.8) is 0 Å². The van der Waals surface area contributed by atoms with Gasteiger partial charge in [0.05, 0.1) is 8.07 Å². The monoisotopic (exact) mass is 866 g/mol. The topological polar surface area (TPSA) is 0 Å². The molecule has 0 aliphatic heterocycles. The number of benzene rings is 3. The molecule has 0 amide bonds. The molecular formula is C51H66Cl2SiZr. The van der Waals surface area contributed by atoms with Crippen LogP contribution in [0, 0.1) is 56.3 Å². The van der Waals surface area contributed by atoms with Crippen molar-refractivity contribution in [2.45, 2.75) is 103 Å². The summed E-state index contributed by atoms with van der Waals surface area (Å²) >= 11 is -0.826. The second-order valence-corrected chi connectivity index (χ2v) is 27.5. The summed E-state index contributed by atoms with van der Waals surface area (Å²) in [6, 6.07) is 33.0. The molecule has 0 nitrogen and oxygen atoms in total. The molecule has 0 bridgehead atoms. The summed E-state index contributed by atoms with van der Waals surface area (Å²) in [5.74, 6) is 4.67.